The smallest absolute Gasteiger partial charge is 0.321 e. The first kappa shape index (κ1) is 18.9. The lowest BCUT2D eigenvalue weighted by molar-refractivity contribution is -0.143. The third-order valence-electron chi connectivity index (χ3n) is 2.69. The number of benzene rings is 1. The van der Waals surface area contributed by atoms with E-state index < -0.39 is 28.4 Å². The van der Waals surface area contributed by atoms with Gasteiger partial charge in [-0.25, -0.2) is 12.8 Å². The highest BCUT2D eigenvalue weighted by molar-refractivity contribution is 7.89. The molecule has 0 fully saturated rings. The van der Waals surface area contributed by atoms with Crippen molar-refractivity contribution in [2.75, 3.05) is 19.7 Å². The first-order valence-electron chi connectivity index (χ1n) is 6.79. The summed E-state index contributed by atoms with van der Waals surface area (Å²) in [6.45, 7) is 5.14. The van der Waals surface area contributed by atoms with E-state index in [1.165, 1.54) is 0 Å². The van der Waals surface area contributed by atoms with Crippen LogP contribution in [0.15, 0.2) is 23.1 Å². The zero-order valence-electron chi connectivity index (χ0n) is 12.7. The normalized spacial score (nSPS) is 12.0. The van der Waals surface area contributed by atoms with Crippen LogP contribution in [-0.4, -0.2) is 38.4 Å². The Morgan fingerprint density at radius 2 is 2.05 bits per heavy atom. The zero-order valence-corrected chi connectivity index (χ0v) is 14.2. The molecule has 0 N–H and O–H groups in total. The Bertz CT molecular complexity index is 634. The van der Waals surface area contributed by atoms with Crippen LogP contribution < -0.4 is 0 Å². The number of nitrogens with zero attached hydrogens (tertiary/aromatic N) is 1. The Labute approximate surface area is 135 Å². The quantitative estimate of drug-likeness (QED) is 0.708. The molecule has 0 saturated carbocycles. The average Bonchev–Trinajstić information content (AvgIpc) is 2.37. The van der Waals surface area contributed by atoms with E-state index in [9.17, 15) is 17.6 Å². The molecule has 22 heavy (non-hydrogen) atoms. The van der Waals surface area contributed by atoms with Crippen LogP contribution in [0.25, 0.3) is 0 Å². The van der Waals surface area contributed by atoms with Crippen molar-refractivity contribution in [1.82, 2.24) is 4.31 Å². The molecule has 0 spiro atoms. The average molecular weight is 352 g/mol. The fraction of sp³-hybridized carbons (Fsp3) is 0.500. The Hall–Kier alpha value is -1.18. The second kappa shape index (κ2) is 7.89. The van der Waals surface area contributed by atoms with Crippen molar-refractivity contribution in [1.29, 1.82) is 0 Å². The van der Waals surface area contributed by atoms with Gasteiger partial charge in [-0.05, 0) is 31.0 Å². The predicted molar refractivity (Wildman–Crippen MR) is 81.6 cm³/mol. The van der Waals surface area contributed by atoms with E-state index in [4.69, 9.17) is 16.3 Å². The van der Waals surface area contributed by atoms with Crippen LogP contribution >= 0.6 is 11.6 Å². The van der Waals surface area contributed by atoms with Crippen molar-refractivity contribution in [2.24, 2.45) is 5.92 Å². The van der Waals surface area contributed by atoms with E-state index in [0.717, 1.165) is 22.5 Å². The number of carbonyl (C=O) groups is 1. The van der Waals surface area contributed by atoms with Crippen molar-refractivity contribution in [3.63, 3.8) is 0 Å². The van der Waals surface area contributed by atoms with Gasteiger partial charge in [0.05, 0.1) is 11.6 Å². The molecule has 0 atom stereocenters. The lowest BCUT2D eigenvalue weighted by atomic mass is 10.2. The number of esters is 1. The van der Waals surface area contributed by atoms with Gasteiger partial charge in [0.15, 0.2) is 0 Å². The lowest BCUT2D eigenvalue weighted by Crippen LogP contribution is -2.39. The Morgan fingerprint density at radius 3 is 2.55 bits per heavy atom. The van der Waals surface area contributed by atoms with Gasteiger partial charge in [-0.3, -0.25) is 4.79 Å². The first-order valence-corrected chi connectivity index (χ1v) is 8.61. The summed E-state index contributed by atoms with van der Waals surface area (Å²) in [7, 11) is -4.02. The van der Waals surface area contributed by atoms with Gasteiger partial charge in [-0.1, -0.05) is 25.4 Å². The van der Waals surface area contributed by atoms with Gasteiger partial charge < -0.3 is 4.74 Å². The minimum absolute atomic E-state index is 0.0107. The Kier molecular flexibility index (Phi) is 6.77. The molecule has 0 radical (unpaired) electrons. The van der Waals surface area contributed by atoms with Crippen LogP contribution in [0.2, 0.25) is 5.02 Å². The summed E-state index contributed by atoms with van der Waals surface area (Å²) in [5.41, 5.74) is 0. The summed E-state index contributed by atoms with van der Waals surface area (Å²) in [4.78, 5) is 11.4. The predicted octanol–water partition coefficient (Wildman–Crippen LogP) is 2.69. The summed E-state index contributed by atoms with van der Waals surface area (Å²) >= 11 is 5.83. The highest BCUT2D eigenvalue weighted by Gasteiger charge is 2.29. The van der Waals surface area contributed by atoms with Crippen molar-refractivity contribution < 1.29 is 22.3 Å². The standard InChI is InChI=1S/C14H19ClFNO4S/c1-4-21-14(18)9-17(8-10(2)3)22(19,20)13-6-5-11(16)7-12(13)15/h5-7,10H,4,8-9H2,1-3H3. The summed E-state index contributed by atoms with van der Waals surface area (Å²) in [5.74, 6) is -1.29. The van der Waals surface area contributed by atoms with Crippen LogP contribution in [-0.2, 0) is 19.6 Å². The first-order chi connectivity index (χ1) is 10.2. The van der Waals surface area contributed by atoms with Crippen LogP contribution in [0.5, 0.6) is 0 Å². The highest BCUT2D eigenvalue weighted by atomic mass is 35.5. The van der Waals surface area contributed by atoms with Gasteiger partial charge in [0.25, 0.3) is 0 Å². The van der Waals surface area contributed by atoms with Crippen LogP contribution in [0.4, 0.5) is 4.39 Å². The molecule has 1 aromatic rings. The molecule has 124 valence electrons. The number of carbonyl (C=O) groups excluding carboxylic acids is 1. The summed E-state index contributed by atoms with van der Waals surface area (Å²) < 4.78 is 44.2. The zero-order chi connectivity index (χ0) is 16.9. The van der Waals surface area contributed by atoms with Gasteiger partial charge in [-0.2, -0.15) is 4.31 Å². The van der Waals surface area contributed by atoms with E-state index in [-0.39, 0.29) is 29.0 Å². The van der Waals surface area contributed by atoms with Crippen LogP contribution in [0.3, 0.4) is 0 Å². The fourth-order valence-corrected chi connectivity index (χ4v) is 3.88. The molecule has 1 rings (SSSR count). The lowest BCUT2D eigenvalue weighted by Gasteiger charge is -2.23. The Morgan fingerprint density at radius 1 is 1.41 bits per heavy atom. The van der Waals surface area contributed by atoms with Gasteiger partial charge >= 0.3 is 5.97 Å². The number of ether oxygens (including phenoxy) is 1. The van der Waals surface area contributed by atoms with Gasteiger partial charge in [0.2, 0.25) is 10.0 Å². The maximum atomic E-state index is 13.1. The second-order valence-corrected chi connectivity index (χ2v) is 7.38. The summed E-state index contributed by atoms with van der Waals surface area (Å²) in [5, 5.41) is -0.224. The maximum Gasteiger partial charge on any atom is 0.321 e. The number of hydrogen-bond donors (Lipinski definition) is 0. The van der Waals surface area contributed by atoms with Gasteiger partial charge in [-0.15, -0.1) is 0 Å². The number of hydrogen-bond acceptors (Lipinski definition) is 4. The van der Waals surface area contributed by atoms with Crippen molar-refractivity contribution >= 4 is 27.6 Å². The van der Waals surface area contributed by atoms with Gasteiger partial charge in [0, 0.05) is 6.54 Å². The molecule has 0 aliphatic carbocycles. The third-order valence-corrected chi connectivity index (χ3v) is 4.99. The van der Waals surface area contributed by atoms with Crippen molar-refractivity contribution in [3.8, 4) is 0 Å². The van der Waals surface area contributed by atoms with Crippen LogP contribution in [0.1, 0.15) is 20.8 Å². The minimum atomic E-state index is -4.02. The molecule has 0 heterocycles. The highest BCUT2D eigenvalue weighted by Crippen LogP contribution is 2.26. The molecular weight excluding hydrogens is 333 g/mol. The number of halogens is 2. The summed E-state index contributed by atoms with van der Waals surface area (Å²) in [6.07, 6.45) is 0. The molecule has 0 aliphatic rings. The van der Waals surface area contributed by atoms with E-state index in [1.807, 2.05) is 13.8 Å². The Balaban J connectivity index is 3.17. The largest absolute Gasteiger partial charge is 0.465 e. The number of sulfonamides is 1. The topological polar surface area (TPSA) is 63.7 Å². The SMILES string of the molecule is CCOC(=O)CN(CC(C)C)S(=O)(=O)c1ccc(F)cc1Cl. The molecule has 0 unspecified atom stereocenters. The fourth-order valence-electron chi connectivity index (χ4n) is 1.83. The second-order valence-electron chi connectivity index (χ2n) is 5.07. The molecule has 0 bridgehead atoms. The third kappa shape index (κ3) is 4.93. The molecule has 0 aromatic heterocycles. The van der Waals surface area contributed by atoms with Crippen molar-refractivity contribution in [3.05, 3.63) is 29.0 Å². The molecule has 0 aliphatic heterocycles. The molecular formula is C14H19ClFNO4S. The molecule has 0 saturated heterocycles. The van der Waals surface area contributed by atoms with E-state index in [0.29, 0.717) is 0 Å². The summed E-state index contributed by atoms with van der Waals surface area (Å²) in [6, 6.07) is 3.02. The monoisotopic (exact) mass is 351 g/mol. The maximum absolute atomic E-state index is 13.1. The van der Waals surface area contributed by atoms with Crippen molar-refractivity contribution in [2.45, 2.75) is 25.7 Å². The molecule has 1 aromatic carbocycles. The molecule has 8 heteroatoms. The van der Waals surface area contributed by atoms with Gasteiger partial charge in [0.1, 0.15) is 17.3 Å². The van der Waals surface area contributed by atoms with E-state index in [2.05, 4.69) is 0 Å². The van der Waals surface area contributed by atoms with E-state index in [1.54, 1.807) is 6.92 Å². The van der Waals surface area contributed by atoms with E-state index >= 15 is 0 Å². The number of rotatable bonds is 7. The minimum Gasteiger partial charge on any atom is -0.465 e. The van der Waals surface area contributed by atoms with Crippen LogP contribution in [0, 0.1) is 11.7 Å². The molecule has 5 nitrogen and oxygen atoms in total. The molecule has 0 amide bonds.